The normalized spacial score (nSPS) is 23.2. The number of likely N-dealkylation sites (tertiary alicyclic amines) is 1. The van der Waals surface area contributed by atoms with Crippen LogP contribution in [0.4, 0.5) is 0 Å². The summed E-state index contributed by atoms with van der Waals surface area (Å²) < 4.78 is 0. The molecule has 2 amide bonds. The van der Waals surface area contributed by atoms with Crippen LogP contribution in [-0.2, 0) is 16.1 Å². The van der Waals surface area contributed by atoms with Gasteiger partial charge in [-0.1, -0.05) is 31.9 Å². The minimum atomic E-state index is -0.846. The first kappa shape index (κ1) is 18.4. The highest BCUT2D eigenvalue weighted by Crippen LogP contribution is 2.25. The Morgan fingerprint density at radius 2 is 1.77 bits per heavy atom. The van der Waals surface area contributed by atoms with Crippen molar-refractivity contribution in [3.05, 3.63) is 35.4 Å². The molecule has 1 aliphatic carbocycles. The van der Waals surface area contributed by atoms with Crippen molar-refractivity contribution in [1.82, 2.24) is 10.2 Å². The van der Waals surface area contributed by atoms with Crippen molar-refractivity contribution in [3.63, 3.8) is 0 Å². The Bertz CT molecular complexity index is 680. The van der Waals surface area contributed by atoms with Gasteiger partial charge in [-0.15, -0.1) is 0 Å². The van der Waals surface area contributed by atoms with Crippen LogP contribution in [-0.4, -0.2) is 40.9 Å². The van der Waals surface area contributed by atoms with Crippen LogP contribution in [0.5, 0.6) is 0 Å². The molecule has 0 bridgehead atoms. The van der Waals surface area contributed by atoms with E-state index in [-0.39, 0.29) is 30.2 Å². The summed E-state index contributed by atoms with van der Waals surface area (Å²) in [6.45, 7) is 3.05. The molecule has 3 rings (SSSR count). The second-order valence-electron chi connectivity index (χ2n) is 7.53. The molecule has 2 aliphatic rings. The topological polar surface area (TPSA) is 86.7 Å². The van der Waals surface area contributed by atoms with Crippen molar-refractivity contribution in [1.29, 1.82) is 0 Å². The lowest BCUT2D eigenvalue weighted by Crippen LogP contribution is -2.30. The third-order valence-corrected chi connectivity index (χ3v) is 5.61. The highest BCUT2D eigenvalue weighted by Gasteiger charge is 2.37. The van der Waals surface area contributed by atoms with E-state index >= 15 is 0 Å². The van der Waals surface area contributed by atoms with Crippen molar-refractivity contribution >= 4 is 17.8 Å². The van der Waals surface area contributed by atoms with Gasteiger partial charge in [0.1, 0.15) is 0 Å². The van der Waals surface area contributed by atoms with Gasteiger partial charge >= 0.3 is 5.97 Å². The third-order valence-electron chi connectivity index (χ3n) is 5.61. The van der Waals surface area contributed by atoms with E-state index in [1.54, 1.807) is 17.0 Å². The summed E-state index contributed by atoms with van der Waals surface area (Å²) in [5, 5.41) is 12.2. The molecule has 1 saturated carbocycles. The molecule has 1 heterocycles. The molecule has 6 heteroatoms. The highest BCUT2D eigenvalue weighted by molar-refractivity contribution is 5.95. The van der Waals surface area contributed by atoms with Crippen LogP contribution in [0.25, 0.3) is 0 Å². The Labute approximate surface area is 153 Å². The number of amides is 2. The summed E-state index contributed by atoms with van der Waals surface area (Å²) in [5.74, 6) is -1.25. The molecule has 140 valence electrons. The van der Waals surface area contributed by atoms with Crippen LogP contribution in [0.2, 0.25) is 0 Å². The van der Waals surface area contributed by atoms with E-state index in [0.29, 0.717) is 18.7 Å². The number of carbonyl (C=O) groups excluding carboxylic acids is 2. The zero-order valence-corrected chi connectivity index (χ0v) is 15.1. The van der Waals surface area contributed by atoms with E-state index < -0.39 is 11.9 Å². The summed E-state index contributed by atoms with van der Waals surface area (Å²) in [6.07, 6.45) is 4.22. The summed E-state index contributed by atoms with van der Waals surface area (Å²) in [7, 11) is 0. The van der Waals surface area contributed by atoms with E-state index in [0.717, 1.165) is 31.2 Å². The highest BCUT2D eigenvalue weighted by atomic mass is 16.4. The predicted molar refractivity (Wildman–Crippen MR) is 96.4 cm³/mol. The molecule has 0 radical (unpaired) electrons. The Kier molecular flexibility index (Phi) is 5.59. The van der Waals surface area contributed by atoms with Crippen molar-refractivity contribution in [2.24, 2.45) is 17.8 Å². The molecule has 2 N–H and O–H groups in total. The fourth-order valence-corrected chi connectivity index (χ4v) is 3.92. The largest absolute Gasteiger partial charge is 0.481 e. The minimum Gasteiger partial charge on any atom is -0.481 e. The number of carbonyl (C=O) groups is 3. The maximum absolute atomic E-state index is 12.6. The smallest absolute Gasteiger partial charge is 0.308 e. The predicted octanol–water partition coefficient (Wildman–Crippen LogP) is 2.29. The maximum Gasteiger partial charge on any atom is 0.308 e. The van der Waals surface area contributed by atoms with Gasteiger partial charge in [0.15, 0.2) is 0 Å². The first-order valence-corrected chi connectivity index (χ1v) is 9.34. The molecule has 1 aromatic carbocycles. The van der Waals surface area contributed by atoms with E-state index in [4.69, 9.17) is 0 Å². The van der Waals surface area contributed by atoms with Gasteiger partial charge in [0.2, 0.25) is 5.91 Å². The van der Waals surface area contributed by atoms with Crippen molar-refractivity contribution in [2.75, 3.05) is 13.1 Å². The molecular weight excluding hydrogens is 332 g/mol. The number of carboxylic acids is 1. The zero-order valence-electron chi connectivity index (χ0n) is 15.1. The van der Waals surface area contributed by atoms with E-state index in [9.17, 15) is 19.5 Å². The fourth-order valence-electron chi connectivity index (χ4n) is 3.92. The Balaban J connectivity index is 1.54. The number of hydrogen-bond acceptors (Lipinski definition) is 3. The third kappa shape index (κ3) is 4.06. The van der Waals surface area contributed by atoms with Gasteiger partial charge in [-0.25, -0.2) is 0 Å². The molecule has 26 heavy (non-hydrogen) atoms. The lowest BCUT2D eigenvalue weighted by atomic mass is 9.99. The number of aliphatic carboxylic acids is 1. The Morgan fingerprint density at radius 3 is 2.35 bits per heavy atom. The average molecular weight is 358 g/mol. The van der Waals surface area contributed by atoms with Crippen LogP contribution in [0.1, 0.15) is 48.5 Å². The van der Waals surface area contributed by atoms with Gasteiger partial charge < -0.3 is 15.3 Å². The molecule has 1 aliphatic heterocycles. The number of nitrogens with one attached hydrogen (secondary N) is 1. The van der Waals surface area contributed by atoms with Crippen molar-refractivity contribution in [3.8, 4) is 0 Å². The van der Waals surface area contributed by atoms with Gasteiger partial charge in [-0.3, -0.25) is 14.4 Å². The number of nitrogens with zero attached hydrogens (tertiary/aromatic N) is 1. The average Bonchev–Trinajstić information content (AvgIpc) is 3.29. The second kappa shape index (κ2) is 7.89. The van der Waals surface area contributed by atoms with Gasteiger partial charge in [-0.05, 0) is 36.5 Å². The van der Waals surface area contributed by atoms with Crippen LogP contribution in [0, 0.1) is 17.8 Å². The summed E-state index contributed by atoms with van der Waals surface area (Å²) >= 11 is 0. The summed E-state index contributed by atoms with van der Waals surface area (Å²) in [5.41, 5.74) is 1.50. The van der Waals surface area contributed by atoms with E-state index in [2.05, 4.69) is 5.32 Å². The summed E-state index contributed by atoms with van der Waals surface area (Å²) in [4.78, 5) is 37.5. The van der Waals surface area contributed by atoms with Crippen molar-refractivity contribution in [2.45, 2.75) is 39.2 Å². The van der Waals surface area contributed by atoms with Gasteiger partial charge in [0.05, 0.1) is 5.92 Å². The van der Waals surface area contributed by atoms with E-state index in [1.807, 2.05) is 19.1 Å². The molecule has 0 aromatic heterocycles. The van der Waals surface area contributed by atoms with Crippen molar-refractivity contribution < 1.29 is 19.5 Å². The Hall–Kier alpha value is -2.37. The monoisotopic (exact) mass is 358 g/mol. The molecule has 2 atom stereocenters. The van der Waals surface area contributed by atoms with Gasteiger partial charge in [0, 0.05) is 31.1 Å². The first-order valence-electron chi connectivity index (χ1n) is 9.34. The van der Waals surface area contributed by atoms with Crippen LogP contribution >= 0.6 is 0 Å². The number of rotatable bonds is 5. The minimum absolute atomic E-state index is 0.0403. The first-order chi connectivity index (χ1) is 12.5. The SMILES string of the molecule is C[C@@H]1CN(C(=O)c2ccc(CNC(=O)C3CCCC3)cc2)C[C@H]1C(=O)O. The Morgan fingerprint density at radius 1 is 1.12 bits per heavy atom. The lowest BCUT2D eigenvalue weighted by Gasteiger charge is -2.16. The molecule has 6 nitrogen and oxygen atoms in total. The molecular formula is C20H26N2O4. The fraction of sp³-hybridized carbons (Fsp3) is 0.550. The van der Waals surface area contributed by atoms with Crippen LogP contribution < -0.4 is 5.32 Å². The standard InChI is InChI=1S/C20H26N2O4/c1-13-11-22(12-17(13)20(25)26)19(24)16-8-6-14(7-9-16)10-21-18(23)15-4-2-3-5-15/h6-9,13,15,17H,2-5,10-12H2,1H3,(H,21,23)(H,25,26)/t13-,17-/m1/s1. The van der Waals surface area contributed by atoms with Gasteiger partial charge in [0.25, 0.3) is 5.91 Å². The summed E-state index contributed by atoms with van der Waals surface area (Å²) in [6, 6.07) is 7.18. The number of hydrogen-bond donors (Lipinski definition) is 2. The molecule has 2 fully saturated rings. The number of carboxylic acid groups (broad SMARTS) is 1. The maximum atomic E-state index is 12.6. The lowest BCUT2D eigenvalue weighted by molar-refractivity contribution is -0.142. The molecule has 1 saturated heterocycles. The number of benzene rings is 1. The van der Waals surface area contributed by atoms with E-state index in [1.165, 1.54) is 0 Å². The van der Waals surface area contributed by atoms with Gasteiger partial charge in [-0.2, -0.15) is 0 Å². The second-order valence-corrected chi connectivity index (χ2v) is 7.53. The molecule has 0 spiro atoms. The quantitative estimate of drug-likeness (QED) is 0.845. The van der Waals surface area contributed by atoms with Crippen LogP contribution in [0.3, 0.4) is 0 Å². The zero-order chi connectivity index (χ0) is 18.7. The molecule has 1 aromatic rings. The van der Waals surface area contributed by atoms with Crippen LogP contribution in [0.15, 0.2) is 24.3 Å². The molecule has 0 unspecified atom stereocenters.